The van der Waals surface area contributed by atoms with Crippen LogP contribution in [0, 0.1) is 0 Å². The minimum absolute atomic E-state index is 0.0647. The molecule has 5 heteroatoms. The van der Waals surface area contributed by atoms with Gasteiger partial charge in [0.05, 0.1) is 5.56 Å². The number of hydrogen-bond acceptors (Lipinski definition) is 4. The van der Waals surface area contributed by atoms with Crippen LogP contribution >= 0.6 is 0 Å². The van der Waals surface area contributed by atoms with Gasteiger partial charge in [0.2, 0.25) is 0 Å². The second-order valence-electron chi connectivity index (χ2n) is 6.85. The Labute approximate surface area is 156 Å². The first-order valence-corrected chi connectivity index (χ1v) is 9.44. The van der Waals surface area contributed by atoms with Gasteiger partial charge in [-0.1, -0.05) is 30.3 Å². The van der Waals surface area contributed by atoms with Crippen molar-refractivity contribution in [2.24, 2.45) is 0 Å². The van der Waals surface area contributed by atoms with E-state index >= 15 is 0 Å². The van der Waals surface area contributed by atoms with Crippen LogP contribution in [0.4, 0.5) is 5.82 Å². The number of nitrogens with zero attached hydrogens (tertiary/aromatic N) is 3. The summed E-state index contributed by atoms with van der Waals surface area (Å²) in [4.78, 5) is 21.3. The molecule has 1 aliphatic rings. The van der Waals surface area contributed by atoms with Crippen molar-refractivity contribution in [2.75, 3.05) is 31.1 Å². The topological polar surface area (TPSA) is 48.5 Å². The third-order valence-corrected chi connectivity index (χ3v) is 5.00. The monoisotopic (exact) mass is 352 g/mol. The maximum absolute atomic E-state index is 11.9. The van der Waals surface area contributed by atoms with Gasteiger partial charge >= 0.3 is 0 Å². The number of nitrogens with one attached hydrogen (secondary N) is 1. The fraction of sp³-hybridized carbons (Fsp3) is 0.429. The Bertz CT molecular complexity index is 702. The molecule has 1 saturated heterocycles. The third kappa shape index (κ3) is 4.61. The third-order valence-electron chi connectivity index (χ3n) is 5.00. The van der Waals surface area contributed by atoms with Crippen LogP contribution in [0.25, 0.3) is 0 Å². The maximum atomic E-state index is 11.9. The fourth-order valence-electron chi connectivity index (χ4n) is 3.36. The molecule has 2 aromatic rings. The number of anilines is 1. The Hall–Kier alpha value is -2.40. The van der Waals surface area contributed by atoms with E-state index in [0.29, 0.717) is 18.2 Å². The Kier molecular flexibility index (Phi) is 6.23. The van der Waals surface area contributed by atoms with Crippen molar-refractivity contribution >= 4 is 11.7 Å². The van der Waals surface area contributed by atoms with Crippen LogP contribution in [-0.4, -0.2) is 48.0 Å². The molecular formula is C21H28N4O. The van der Waals surface area contributed by atoms with Gasteiger partial charge in [0.25, 0.3) is 5.91 Å². The van der Waals surface area contributed by atoms with Gasteiger partial charge < -0.3 is 10.2 Å². The number of benzene rings is 1. The van der Waals surface area contributed by atoms with Crippen LogP contribution in [-0.2, 0) is 6.54 Å². The molecule has 2 heterocycles. The number of amides is 1. The smallest absolute Gasteiger partial charge is 0.252 e. The number of aromatic nitrogens is 1. The van der Waals surface area contributed by atoms with E-state index in [1.54, 1.807) is 6.20 Å². The van der Waals surface area contributed by atoms with E-state index < -0.39 is 0 Å². The van der Waals surface area contributed by atoms with Crippen LogP contribution in [0.2, 0.25) is 0 Å². The number of pyridine rings is 1. The number of carbonyl (C=O) groups excluding carboxylic acids is 1. The molecule has 0 saturated carbocycles. The average molecular weight is 352 g/mol. The molecule has 0 aliphatic carbocycles. The van der Waals surface area contributed by atoms with Crippen LogP contribution in [0.1, 0.15) is 36.2 Å². The van der Waals surface area contributed by atoms with Crippen LogP contribution in [0.5, 0.6) is 0 Å². The number of carbonyl (C=O) groups is 1. The zero-order valence-electron chi connectivity index (χ0n) is 15.7. The van der Waals surface area contributed by atoms with Crippen molar-refractivity contribution in [1.82, 2.24) is 15.2 Å². The van der Waals surface area contributed by atoms with Crippen molar-refractivity contribution in [3.8, 4) is 0 Å². The van der Waals surface area contributed by atoms with Gasteiger partial charge in [0.1, 0.15) is 5.82 Å². The lowest BCUT2D eigenvalue weighted by Gasteiger charge is -2.26. The van der Waals surface area contributed by atoms with E-state index in [9.17, 15) is 4.79 Å². The van der Waals surface area contributed by atoms with E-state index in [1.807, 2.05) is 19.1 Å². The zero-order valence-corrected chi connectivity index (χ0v) is 15.7. The summed E-state index contributed by atoms with van der Waals surface area (Å²) < 4.78 is 0. The van der Waals surface area contributed by atoms with Gasteiger partial charge in [-0.2, -0.15) is 0 Å². The summed E-state index contributed by atoms with van der Waals surface area (Å²) in [7, 11) is 0. The van der Waals surface area contributed by atoms with Crippen LogP contribution in [0.3, 0.4) is 0 Å². The molecule has 138 valence electrons. The standard InChI is InChI=1S/C21H28N4O/c1-3-22-21(26)19-9-10-20(23-15-19)24-12-11-17(2)25(14-13-24)16-18-7-5-4-6-8-18/h4-10,15,17H,3,11-14,16H2,1-2H3,(H,22,26). The van der Waals surface area contributed by atoms with Crippen molar-refractivity contribution < 1.29 is 4.79 Å². The summed E-state index contributed by atoms with van der Waals surface area (Å²) in [6, 6.07) is 15.0. The molecule has 1 N–H and O–H groups in total. The van der Waals surface area contributed by atoms with Gasteiger partial charge in [0.15, 0.2) is 0 Å². The molecule has 1 aromatic carbocycles. The second-order valence-corrected chi connectivity index (χ2v) is 6.85. The van der Waals surface area contributed by atoms with Crippen LogP contribution in [0.15, 0.2) is 48.7 Å². The molecule has 1 aromatic heterocycles. The van der Waals surface area contributed by atoms with Crippen molar-refractivity contribution in [2.45, 2.75) is 32.9 Å². The lowest BCUT2D eigenvalue weighted by Crippen LogP contribution is -2.34. The molecule has 0 radical (unpaired) electrons. The molecule has 26 heavy (non-hydrogen) atoms. The Morgan fingerprint density at radius 2 is 1.96 bits per heavy atom. The highest BCUT2D eigenvalue weighted by atomic mass is 16.1. The minimum atomic E-state index is -0.0647. The van der Waals surface area contributed by atoms with Crippen LogP contribution < -0.4 is 10.2 Å². The normalized spacial score (nSPS) is 18.4. The van der Waals surface area contributed by atoms with Crippen molar-refractivity contribution in [1.29, 1.82) is 0 Å². The Morgan fingerprint density at radius 1 is 1.15 bits per heavy atom. The van der Waals surface area contributed by atoms with Gasteiger partial charge in [-0.15, -0.1) is 0 Å². The largest absolute Gasteiger partial charge is 0.355 e. The average Bonchev–Trinajstić information content (AvgIpc) is 2.85. The van der Waals surface area contributed by atoms with Gasteiger partial charge in [-0.05, 0) is 38.0 Å². The molecule has 3 rings (SSSR count). The van der Waals surface area contributed by atoms with Crippen molar-refractivity contribution in [3.05, 3.63) is 59.8 Å². The molecule has 1 amide bonds. The zero-order chi connectivity index (χ0) is 18.4. The first-order chi connectivity index (χ1) is 12.7. The lowest BCUT2D eigenvalue weighted by molar-refractivity contribution is 0.0955. The highest BCUT2D eigenvalue weighted by molar-refractivity contribution is 5.93. The molecular weight excluding hydrogens is 324 g/mol. The molecule has 0 spiro atoms. The van der Waals surface area contributed by atoms with E-state index in [4.69, 9.17) is 0 Å². The minimum Gasteiger partial charge on any atom is -0.355 e. The first kappa shape index (κ1) is 18.4. The molecule has 1 unspecified atom stereocenters. The molecule has 1 atom stereocenters. The summed E-state index contributed by atoms with van der Waals surface area (Å²) in [5.74, 6) is 0.886. The molecule has 1 aliphatic heterocycles. The molecule has 5 nitrogen and oxygen atoms in total. The van der Waals surface area contributed by atoms with Gasteiger partial charge in [-0.25, -0.2) is 4.98 Å². The van der Waals surface area contributed by atoms with E-state index in [-0.39, 0.29) is 5.91 Å². The van der Waals surface area contributed by atoms with Gasteiger partial charge in [-0.3, -0.25) is 9.69 Å². The summed E-state index contributed by atoms with van der Waals surface area (Å²) in [6.07, 6.45) is 2.78. The number of rotatable bonds is 5. The summed E-state index contributed by atoms with van der Waals surface area (Å²) in [5.41, 5.74) is 1.97. The van der Waals surface area contributed by atoms with E-state index in [1.165, 1.54) is 5.56 Å². The summed E-state index contributed by atoms with van der Waals surface area (Å²) >= 11 is 0. The molecule has 1 fully saturated rings. The molecule has 0 bridgehead atoms. The highest BCUT2D eigenvalue weighted by Gasteiger charge is 2.21. The Morgan fingerprint density at radius 3 is 2.65 bits per heavy atom. The summed E-state index contributed by atoms with van der Waals surface area (Å²) in [6.45, 7) is 8.78. The van der Waals surface area contributed by atoms with Crippen molar-refractivity contribution in [3.63, 3.8) is 0 Å². The predicted octanol–water partition coefficient (Wildman–Crippen LogP) is 2.93. The number of hydrogen-bond donors (Lipinski definition) is 1. The highest BCUT2D eigenvalue weighted by Crippen LogP contribution is 2.19. The Balaban J connectivity index is 1.63. The van der Waals surface area contributed by atoms with E-state index in [0.717, 1.165) is 38.4 Å². The quantitative estimate of drug-likeness (QED) is 0.899. The fourth-order valence-corrected chi connectivity index (χ4v) is 3.36. The second kappa shape index (κ2) is 8.81. The lowest BCUT2D eigenvalue weighted by atomic mass is 10.1. The maximum Gasteiger partial charge on any atom is 0.252 e. The van der Waals surface area contributed by atoms with E-state index in [2.05, 4.69) is 57.4 Å². The predicted molar refractivity (Wildman–Crippen MR) is 105 cm³/mol. The van der Waals surface area contributed by atoms with Gasteiger partial charge in [0, 0.05) is 45.0 Å². The SMILES string of the molecule is CCNC(=O)c1ccc(N2CCC(C)N(Cc3ccccc3)CC2)nc1. The first-order valence-electron chi connectivity index (χ1n) is 9.44. The summed E-state index contributed by atoms with van der Waals surface area (Å²) in [5, 5.41) is 2.81.